The second-order valence-corrected chi connectivity index (χ2v) is 4.31. The van der Waals surface area contributed by atoms with E-state index in [0.717, 1.165) is 6.42 Å². The minimum Gasteiger partial charge on any atom is -0.349 e. The number of likely N-dealkylation sites (N-methyl/N-ethyl adjacent to an activating group) is 1. The number of halogens is 1. The number of carbonyl (C=O) groups is 1. The molecule has 0 bridgehead atoms. The third kappa shape index (κ3) is 4.46. The van der Waals surface area contributed by atoms with Crippen molar-refractivity contribution in [1.82, 2.24) is 20.8 Å². The van der Waals surface area contributed by atoms with Gasteiger partial charge in [0.05, 0.1) is 4.92 Å². The van der Waals surface area contributed by atoms with Crippen molar-refractivity contribution in [3.8, 4) is 0 Å². The summed E-state index contributed by atoms with van der Waals surface area (Å²) in [6.07, 6.45) is 1.23. The van der Waals surface area contributed by atoms with Crippen molar-refractivity contribution in [2.45, 2.75) is 32.7 Å². The SMILES string of the molecule is CCCc1[nH]nc(C(=O)NCC(C)NC)c1[N+](=O)[O-].Cl. The molecule has 1 amide bonds. The number of aryl methyl sites for hydroxylation is 1. The van der Waals surface area contributed by atoms with Crippen LogP contribution in [0.25, 0.3) is 0 Å². The number of hydrogen-bond acceptors (Lipinski definition) is 5. The third-order valence-corrected chi connectivity index (χ3v) is 2.77. The molecule has 0 aromatic carbocycles. The number of rotatable bonds is 7. The Hall–Kier alpha value is -1.67. The highest BCUT2D eigenvalue weighted by Crippen LogP contribution is 2.22. The molecule has 9 heteroatoms. The van der Waals surface area contributed by atoms with E-state index in [9.17, 15) is 14.9 Å². The van der Waals surface area contributed by atoms with Crippen LogP contribution < -0.4 is 10.6 Å². The van der Waals surface area contributed by atoms with Gasteiger partial charge in [-0.1, -0.05) is 13.3 Å². The van der Waals surface area contributed by atoms with Crippen molar-refractivity contribution >= 4 is 24.0 Å². The number of nitrogens with one attached hydrogen (secondary N) is 3. The van der Waals surface area contributed by atoms with Gasteiger partial charge in [0.2, 0.25) is 5.69 Å². The van der Waals surface area contributed by atoms with Crippen LogP contribution in [0.2, 0.25) is 0 Å². The minimum atomic E-state index is -0.565. The van der Waals surface area contributed by atoms with E-state index in [4.69, 9.17) is 0 Å². The first-order valence-electron chi connectivity index (χ1n) is 6.18. The fourth-order valence-electron chi connectivity index (χ4n) is 1.58. The molecule has 1 aromatic heterocycles. The number of amides is 1. The van der Waals surface area contributed by atoms with E-state index in [1.807, 2.05) is 13.8 Å². The Morgan fingerprint density at radius 3 is 2.70 bits per heavy atom. The summed E-state index contributed by atoms with van der Waals surface area (Å²) >= 11 is 0. The lowest BCUT2D eigenvalue weighted by molar-refractivity contribution is -0.385. The molecule has 0 fully saturated rings. The molecule has 20 heavy (non-hydrogen) atoms. The molecule has 1 unspecified atom stereocenters. The van der Waals surface area contributed by atoms with Crippen LogP contribution in [-0.4, -0.2) is 40.7 Å². The summed E-state index contributed by atoms with van der Waals surface area (Å²) in [5.41, 5.74) is 0.00697. The fourth-order valence-corrected chi connectivity index (χ4v) is 1.58. The van der Waals surface area contributed by atoms with Crippen molar-refractivity contribution in [1.29, 1.82) is 0 Å². The summed E-state index contributed by atoms with van der Waals surface area (Å²) in [5.74, 6) is -0.535. The van der Waals surface area contributed by atoms with Gasteiger partial charge in [-0.05, 0) is 20.4 Å². The predicted molar refractivity (Wildman–Crippen MR) is 77.3 cm³/mol. The second-order valence-electron chi connectivity index (χ2n) is 4.31. The van der Waals surface area contributed by atoms with E-state index in [-0.39, 0.29) is 29.8 Å². The molecule has 0 saturated carbocycles. The second kappa shape index (κ2) is 8.49. The Kier molecular flexibility index (Phi) is 7.78. The molecule has 0 spiro atoms. The molecule has 1 rings (SSSR count). The normalized spacial score (nSPS) is 11.6. The Balaban J connectivity index is 0.00000361. The van der Waals surface area contributed by atoms with E-state index >= 15 is 0 Å². The minimum absolute atomic E-state index is 0. The zero-order chi connectivity index (χ0) is 14.4. The summed E-state index contributed by atoms with van der Waals surface area (Å²) in [7, 11) is 1.77. The van der Waals surface area contributed by atoms with Crippen LogP contribution in [0.3, 0.4) is 0 Å². The summed E-state index contributed by atoms with van der Waals surface area (Å²) in [6.45, 7) is 4.17. The molecule has 1 atom stereocenters. The first kappa shape index (κ1) is 18.3. The zero-order valence-electron chi connectivity index (χ0n) is 11.7. The lowest BCUT2D eigenvalue weighted by Crippen LogP contribution is -2.37. The fraction of sp³-hybridized carbons (Fsp3) is 0.636. The average molecular weight is 306 g/mol. The summed E-state index contributed by atoms with van der Waals surface area (Å²) in [5, 5.41) is 22.9. The van der Waals surface area contributed by atoms with Crippen molar-refractivity contribution in [2.75, 3.05) is 13.6 Å². The largest absolute Gasteiger partial charge is 0.349 e. The lowest BCUT2D eigenvalue weighted by atomic mass is 10.2. The van der Waals surface area contributed by atoms with Gasteiger partial charge >= 0.3 is 5.69 Å². The van der Waals surface area contributed by atoms with Crippen LogP contribution in [0.5, 0.6) is 0 Å². The van der Waals surface area contributed by atoms with Gasteiger partial charge < -0.3 is 10.6 Å². The topological polar surface area (TPSA) is 113 Å². The highest BCUT2D eigenvalue weighted by atomic mass is 35.5. The van der Waals surface area contributed by atoms with Crippen molar-refractivity contribution < 1.29 is 9.72 Å². The monoisotopic (exact) mass is 305 g/mol. The Labute approximate surface area is 123 Å². The maximum Gasteiger partial charge on any atom is 0.322 e. The van der Waals surface area contributed by atoms with Crippen LogP contribution in [0.4, 0.5) is 5.69 Å². The molecule has 3 N–H and O–H groups in total. The van der Waals surface area contributed by atoms with E-state index in [0.29, 0.717) is 18.7 Å². The van der Waals surface area contributed by atoms with Crippen molar-refractivity contribution in [2.24, 2.45) is 0 Å². The Bertz CT molecular complexity index is 463. The predicted octanol–water partition coefficient (Wildman–Crippen LogP) is 1.03. The van der Waals surface area contributed by atoms with E-state index in [1.165, 1.54) is 0 Å². The van der Waals surface area contributed by atoms with E-state index in [2.05, 4.69) is 20.8 Å². The van der Waals surface area contributed by atoms with Gasteiger partial charge in [-0.15, -0.1) is 12.4 Å². The molecule has 1 aromatic rings. The van der Waals surface area contributed by atoms with Gasteiger partial charge in [0.15, 0.2) is 0 Å². The smallest absolute Gasteiger partial charge is 0.322 e. The Morgan fingerprint density at radius 2 is 2.20 bits per heavy atom. The lowest BCUT2D eigenvalue weighted by Gasteiger charge is -2.10. The first-order valence-corrected chi connectivity index (χ1v) is 6.18. The highest BCUT2D eigenvalue weighted by molar-refractivity contribution is 5.96. The Morgan fingerprint density at radius 1 is 1.55 bits per heavy atom. The quantitative estimate of drug-likeness (QED) is 0.514. The molecule has 0 radical (unpaired) electrons. The summed E-state index contributed by atoms with van der Waals surface area (Å²) in [6, 6.07) is 0.0806. The van der Waals surface area contributed by atoms with Crippen LogP contribution in [0.15, 0.2) is 0 Å². The molecule has 8 nitrogen and oxygen atoms in total. The highest BCUT2D eigenvalue weighted by Gasteiger charge is 2.28. The maximum atomic E-state index is 11.9. The number of nitrogens with zero attached hydrogens (tertiary/aromatic N) is 2. The van der Waals surface area contributed by atoms with E-state index in [1.54, 1.807) is 7.05 Å². The first-order chi connectivity index (χ1) is 9.01. The van der Waals surface area contributed by atoms with Gasteiger partial charge in [0.1, 0.15) is 5.69 Å². The number of hydrogen-bond donors (Lipinski definition) is 3. The molecule has 0 saturated heterocycles. The number of aromatic nitrogens is 2. The molecule has 0 aliphatic rings. The molecular formula is C11H20ClN5O3. The third-order valence-electron chi connectivity index (χ3n) is 2.77. The van der Waals surface area contributed by atoms with Gasteiger partial charge in [-0.2, -0.15) is 5.10 Å². The van der Waals surface area contributed by atoms with Crippen LogP contribution in [-0.2, 0) is 6.42 Å². The van der Waals surface area contributed by atoms with E-state index < -0.39 is 10.8 Å². The molecular weight excluding hydrogens is 286 g/mol. The molecule has 1 heterocycles. The number of aromatic amines is 1. The average Bonchev–Trinajstić information content (AvgIpc) is 2.79. The summed E-state index contributed by atoms with van der Waals surface area (Å²) in [4.78, 5) is 22.3. The van der Waals surface area contributed by atoms with Gasteiger partial charge in [-0.3, -0.25) is 20.0 Å². The number of H-pyrrole nitrogens is 1. The van der Waals surface area contributed by atoms with Crippen molar-refractivity contribution in [3.63, 3.8) is 0 Å². The molecule has 0 aliphatic heterocycles. The number of nitro groups is 1. The molecule has 114 valence electrons. The van der Waals surface area contributed by atoms with Gasteiger partial charge in [0.25, 0.3) is 5.91 Å². The van der Waals surface area contributed by atoms with Crippen LogP contribution >= 0.6 is 12.4 Å². The van der Waals surface area contributed by atoms with Crippen LogP contribution in [0.1, 0.15) is 36.5 Å². The zero-order valence-corrected chi connectivity index (χ0v) is 12.5. The van der Waals surface area contributed by atoms with Gasteiger partial charge in [-0.25, -0.2) is 0 Å². The summed E-state index contributed by atoms with van der Waals surface area (Å²) < 4.78 is 0. The van der Waals surface area contributed by atoms with Gasteiger partial charge in [0, 0.05) is 12.6 Å². The standard InChI is InChI=1S/C11H19N5O3.ClH/c1-4-5-8-10(16(18)19)9(15-14-8)11(17)13-6-7(2)12-3;/h7,12H,4-6H2,1-3H3,(H,13,17)(H,14,15);1H. The maximum absolute atomic E-state index is 11.9. The van der Waals surface area contributed by atoms with Crippen LogP contribution in [0, 0.1) is 10.1 Å². The molecule has 0 aliphatic carbocycles. The van der Waals surface area contributed by atoms with Crippen molar-refractivity contribution in [3.05, 3.63) is 21.5 Å². The number of carbonyl (C=O) groups excluding carboxylic acids is 1.